The molecule has 0 heterocycles. The summed E-state index contributed by atoms with van der Waals surface area (Å²) in [4.78, 5) is 45.9. The van der Waals surface area contributed by atoms with E-state index in [2.05, 4.69) is 30.5 Å². The Morgan fingerprint density at radius 1 is 0.949 bits per heavy atom. The number of carbonyl (C=O) groups is 3. The van der Waals surface area contributed by atoms with E-state index < -0.39 is 5.79 Å². The highest BCUT2D eigenvalue weighted by Gasteiger charge is 2.68. The van der Waals surface area contributed by atoms with E-state index in [1.54, 1.807) is 0 Å². The van der Waals surface area contributed by atoms with Gasteiger partial charge in [-0.2, -0.15) is 0 Å². The van der Waals surface area contributed by atoms with Gasteiger partial charge in [-0.1, -0.05) is 20.8 Å². The second-order valence-electron chi connectivity index (χ2n) is 13.1. The Morgan fingerprint density at radius 2 is 1.62 bits per heavy atom. The Kier molecular flexibility index (Phi) is 8.72. The zero-order valence-corrected chi connectivity index (χ0v) is 24.1. The van der Waals surface area contributed by atoms with Crippen LogP contribution in [0.2, 0.25) is 0 Å². The smallest absolute Gasteiger partial charge is 0.305 e. The maximum Gasteiger partial charge on any atom is 0.305 e. The molecule has 0 aromatic rings. The van der Waals surface area contributed by atoms with E-state index >= 15 is 0 Å². The van der Waals surface area contributed by atoms with E-state index in [0.29, 0.717) is 38.5 Å². The van der Waals surface area contributed by atoms with Gasteiger partial charge in [0.1, 0.15) is 12.2 Å². The number of rotatable bonds is 8. The van der Waals surface area contributed by atoms with Gasteiger partial charge in [-0.05, 0) is 73.5 Å². The molecule has 0 spiro atoms. The molecule has 222 valence electrons. The van der Waals surface area contributed by atoms with Gasteiger partial charge in [0.15, 0.2) is 0 Å². The first-order valence-corrected chi connectivity index (χ1v) is 14.4. The Morgan fingerprint density at radius 3 is 2.21 bits per heavy atom. The first kappa shape index (κ1) is 30.2. The molecule has 4 fully saturated rings. The highest BCUT2D eigenvalue weighted by Crippen LogP contribution is 2.70. The van der Waals surface area contributed by atoms with E-state index in [0.717, 1.165) is 12.8 Å². The van der Waals surface area contributed by atoms with Crippen LogP contribution in [0.25, 0.3) is 0 Å². The van der Waals surface area contributed by atoms with Crippen LogP contribution >= 0.6 is 0 Å². The lowest BCUT2D eigenvalue weighted by Gasteiger charge is -2.64. The van der Waals surface area contributed by atoms with Gasteiger partial charge in [-0.3, -0.25) is 14.4 Å². The minimum absolute atomic E-state index is 0.0605. The molecule has 0 saturated heterocycles. The quantitative estimate of drug-likeness (QED) is 0.139. The van der Waals surface area contributed by atoms with Crippen LogP contribution in [0.5, 0.6) is 0 Å². The van der Waals surface area contributed by atoms with Gasteiger partial charge < -0.3 is 14.2 Å². The largest absolute Gasteiger partial charge is 0.469 e. The Balaban J connectivity index is 1.72. The molecule has 10 heteroatoms. The molecule has 0 aromatic carbocycles. The molecule has 1 unspecified atom stereocenters. The van der Waals surface area contributed by atoms with Crippen LogP contribution in [-0.2, 0) is 38.4 Å². The van der Waals surface area contributed by atoms with Gasteiger partial charge in [-0.25, -0.2) is 20.3 Å². The van der Waals surface area contributed by atoms with Gasteiger partial charge in [-0.15, -0.1) is 0 Å². The zero-order valence-electron chi connectivity index (χ0n) is 24.1. The molecule has 4 aliphatic carbocycles. The van der Waals surface area contributed by atoms with Crippen molar-refractivity contribution in [2.75, 3.05) is 7.11 Å². The van der Waals surface area contributed by atoms with Crippen molar-refractivity contribution in [3.63, 3.8) is 0 Å². The van der Waals surface area contributed by atoms with Crippen LogP contribution < -0.4 is 0 Å². The molecule has 0 radical (unpaired) electrons. The molecule has 4 rings (SSSR count). The monoisotopic (exact) mass is 554 g/mol. The first-order chi connectivity index (χ1) is 18.3. The summed E-state index contributed by atoms with van der Waals surface area (Å²) < 4.78 is 17.1. The van der Waals surface area contributed by atoms with Crippen molar-refractivity contribution < 1.29 is 48.9 Å². The third-order valence-corrected chi connectivity index (χ3v) is 11.5. The summed E-state index contributed by atoms with van der Waals surface area (Å²) in [7, 11) is 1.40. The molecule has 0 aliphatic heterocycles. The summed E-state index contributed by atoms with van der Waals surface area (Å²) in [6.07, 6.45) is 4.61. The normalized spacial score (nSPS) is 41.4. The van der Waals surface area contributed by atoms with Crippen molar-refractivity contribution in [2.45, 2.75) is 110 Å². The third-order valence-electron chi connectivity index (χ3n) is 11.5. The fourth-order valence-corrected chi connectivity index (χ4v) is 9.59. The number of fused-ring (bicyclic) bond motifs is 5. The molecule has 39 heavy (non-hydrogen) atoms. The molecule has 10 nitrogen and oxygen atoms in total. The number of hydrogen-bond acceptors (Lipinski definition) is 10. The molecule has 4 saturated carbocycles. The lowest BCUT2D eigenvalue weighted by Crippen LogP contribution is -2.64. The summed E-state index contributed by atoms with van der Waals surface area (Å²) >= 11 is 0. The van der Waals surface area contributed by atoms with E-state index in [1.165, 1.54) is 21.0 Å². The summed E-state index contributed by atoms with van der Waals surface area (Å²) in [6.45, 7) is 9.52. The minimum Gasteiger partial charge on any atom is -0.469 e. The zero-order chi connectivity index (χ0) is 28.8. The van der Waals surface area contributed by atoms with E-state index in [1.807, 2.05) is 0 Å². The predicted octanol–water partition coefficient (Wildman–Crippen LogP) is 4.99. The lowest BCUT2D eigenvalue weighted by atomic mass is 9.42. The summed E-state index contributed by atoms with van der Waals surface area (Å²) in [5, 5.41) is 19.2. The van der Waals surface area contributed by atoms with Crippen molar-refractivity contribution in [1.29, 1.82) is 0 Å². The Hall–Kier alpha value is -1.75. The highest BCUT2D eigenvalue weighted by atomic mass is 17.2. The molecular formula is C29H46O10. The summed E-state index contributed by atoms with van der Waals surface area (Å²) in [5.74, 6) is -1.70. The summed E-state index contributed by atoms with van der Waals surface area (Å²) in [5.41, 5.74) is -0.568. The second-order valence-corrected chi connectivity index (χ2v) is 13.1. The van der Waals surface area contributed by atoms with Gasteiger partial charge in [0, 0.05) is 44.4 Å². The first-order valence-electron chi connectivity index (χ1n) is 14.4. The van der Waals surface area contributed by atoms with Crippen molar-refractivity contribution in [1.82, 2.24) is 0 Å². The Labute approximate surface area is 230 Å². The standard InChI is InChI=1S/C29H46O10/c1-16(7-10-25(32)35-6)20-8-9-21-26-22(14-24(28(20,21)5)37-18(3)31)27(4)11-12-29(38-33,39-34)15-19(27)13-23(26)36-17(2)30/h16,19-24,26,33-34H,7-15H2,1-6H3/t16-,19-,20-,21+,22+,23?,24+,26+,27+,28-/m1/s1. The maximum absolute atomic E-state index is 12.4. The van der Waals surface area contributed by atoms with Gasteiger partial charge in [0.2, 0.25) is 5.79 Å². The van der Waals surface area contributed by atoms with Crippen LogP contribution in [0.3, 0.4) is 0 Å². The number of hydrogen-bond donors (Lipinski definition) is 2. The van der Waals surface area contributed by atoms with E-state index in [-0.39, 0.29) is 82.9 Å². The number of methoxy groups -OCH3 is 1. The molecule has 2 N–H and O–H groups in total. The molecule has 0 bridgehead atoms. The maximum atomic E-state index is 12.4. The SMILES string of the molecule is COC(=O)CC[C@@H](C)[C@H]1CC[C@H]2[C@@H]3C(OC(C)=O)C[C@@H]4CC(OO)(OO)CC[C@]4(C)[C@H]3C[C@H](OC(C)=O)[C@]12C. The van der Waals surface area contributed by atoms with Crippen molar-refractivity contribution in [3.05, 3.63) is 0 Å². The predicted molar refractivity (Wildman–Crippen MR) is 138 cm³/mol. The second kappa shape index (κ2) is 11.3. The fraction of sp³-hybridized carbons (Fsp3) is 0.897. The van der Waals surface area contributed by atoms with Crippen LogP contribution in [0.15, 0.2) is 0 Å². The van der Waals surface area contributed by atoms with Gasteiger partial charge in [0.05, 0.1) is 7.11 Å². The number of ether oxygens (including phenoxy) is 3. The average Bonchev–Trinajstić information content (AvgIpc) is 3.25. The molecule has 10 atom stereocenters. The van der Waals surface area contributed by atoms with Crippen LogP contribution in [0, 0.1) is 46.3 Å². The van der Waals surface area contributed by atoms with Gasteiger partial charge >= 0.3 is 17.9 Å². The van der Waals surface area contributed by atoms with Crippen LogP contribution in [-0.4, -0.2) is 53.5 Å². The average molecular weight is 555 g/mol. The fourth-order valence-electron chi connectivity index (χ4n) is 9.59. The van der Waals surface area contributed by atoms with Crippen molar-refractivity contribution >= 4 is 17.9 Å². The van der Waals surface area contributed by atoms with Crippen molar-refractivity contribution in [3.8, 4) is 0 Å². The number of esters is 3. The minimum atomic E-state index is -1.51. The molecule has 4 aliphatic rings. The summed E-state index contributed by atoms with van der Waals surface area (Å²) in [6, 6.07) is 0. The molecular weight excluding hydrogens is 508 g/mol. The van der Waals surface area contributed by atoms with Crippen molar-refractivity contribution in [2.24, 2.45) is 46.3 Å². The van der Waals surface area contributed by atoms with Crippen LogP contribution in [0.4, 0.5) is 0 Å². The van der Waals surface area contributed by atoms with Gasteiger partial charge in [0.25, 0.3) is 0 Å². The lowest BCUT2D eigenvalue weighted by molar-refractivity contribution is -0.500. The van der Waals surface area contributed by atoms with Crippen LogP contribution in [0.1, 0.15) is 92.4 Å². The molecule has 0 aromatic heterocycles. The Bertz CT molecular complexity index is 933. The van der Waals surface area contributed by atoms with E-state index in [9.17, 15) is 24.9 Å². The highest BCUT2D eigenvalue weighted by molar-refractivity contribution is 5.69. The number of carbonyl (C=O) groups excluding carboxylic acids is 3. The topological polar surface area (TPSA) is 138 Å². The third kappa shape index (κ3) is 5.22. The molecule has 0 amide bonds. The van der Waals surface area contributed by atoms with E-state index in [4.69, 9.17) is 14.2 Å².